The van der Waals surface area contributed by atoms with Crippen molar-refractivity contribution in [1.82, 2.24) is 30.9 Å². The quantitative estimate of drug-likeness (QED) is 0.110. The SMILES string of the molecule is CC(O)C(NC(=O)C(N)Cc1cnc[nH]1)C(=O)NC(CC(=O)O)C(=O)NC(Cc1c[nH]c2ccccc12)C(=O)O. The van der Waals surface area contributed by atoms with Crippen molar-refractivity contribution in [3.63, 3.8) is 0 Å². The second kappa shape index (κ2) is 13.3. The first-order valence-electron chi connectivity index (χ1n) is 12.3. The number of aromatic nitrogens is 3. The number of imidazole rings is 1. The number of carbonyl (C=O) groups is 5. The molecule has 0 saturated carbocycles. The predicted molar refractivity (Wildman–Crippen MR) is 140 cm³/mol. The van der Waals surface area contributed by atoms with Crippen LogP contribution in [0.25, 0.3) is 10.9 Å². The number of nitrogens with one attached hydrogen (secondary N) is 5. The zero-order valence-corrected chi connectivity index (χ0v) is 21.5. The molecule has 3 amide bonds. The number of rotatable bonds is 14. The summed E-state index contributed by atoms with van der Waals surface area (Å²) in [5.41, 5.74) is 7.79. The first-order chi connectivity index (χ1) is 19.0. The van der Waals surface area contributed by atoms with E-state index < -0.39 is 66.4 Å². The van der Waals surface area contributed by atoms with E-state index in [1.54, 1.807) is 30.5 Å². The third-order valence-corrected chi connectivity index (χ3v) is 6.12. The van der Waals surface area contributed by atoms with Gasteiger partial charge >= 0.3 is 11.9 Å². The monoisotopic (exact) mass is 557 g/mol. The Bertz CT molecular complexity index is 1350. The van der Waals surface area contributed by atoms with E-state index in [0.29, 0.717) is 11.3 Å². The number of nitrogens with two attached hydrogens (primary N) is 1. The number of H-pyrrole nitrogens is 2. The molecule has 5 atom stereocenters. The average Bonchev–Trinajstić information content (AvgIpc) is 3.55. The molecule has 0 saturated heterocycles. The van der Waals surface area contributed by atoms with Gasteiger partial charge in [0.05, 0.1) is 24.9 Å². The average molecular weight is 558 g/mol. The maximum atomic E-state index is 13.0. The van der Waals surface area contributed by atoms with E-state index in [9.17, 15) is 39.3 Å². The van der Waals surface area contributed by atoms with Crippen molar-refractivity contribution in [1.29, 1.82) is 0 Å². The number of para-hydroxylation sites is 1. The molecule has 15 nitrogen and oxygen atoms in total. The van der Waals surface area contributed by atoms with Gasteiger partial charge in [-0.1, -0.05) is 18.2 Å². The van der Waals surface area contributed by atoms with Crippen molar-refractivity contribution in [2.75, 3.05) is 0 Å². The van der Waals surface area contributed by atoms with Gasteiger partial charge in [-0.3, -0.25) is 19.2 Å². The van der Waals surface area contributed by atoms with Crippen LogP contribution < -0.4 is 21.7 Å². The van der Waals surface area contributed by atoms with Gasteiger partial charge in [-0.2, -0.15) is 0 Å². The standard InChI is InChI=1S/C25H31N7O8/c1-12(33)21(32-22(36)16(26)7-14-10-27-11-29-14)24(38)30-18(8-20(34)35)23(37)31-19(25(39)40)6-13-9-28-17-5-3-2-4-15(13)17/h2-5,9-12,16,18-19,21,28,33H,6-8,26H2,1H3,(H,27,29)(H,30,38)(H,31,37)(H,32,36)(H,34,35)(H,39,40). The molecule has 0 fully saturated rings. The van der Waals surface area contributed by atoms with E-state index >= 15 is 0 Å². The Morgan fingerprint density at radius 1 is 0.950 bits per heavy atom. The molecule has 0 aliphatic heterocycles. The molecule has 1 aromatic carbocycles. The van der Waals surface area contributed by atoms with Crippen molar-refractivity contribution in [2.45, 2.75) is 56.5 Å². The van der Waals surface area contributed by atoms with Crippen molar-refractivity contribution in [2.24, 2.45) is 5.73 Å². The fraction of sp³-hybridized carbons (Fsp3) is 0.360. The van der Waals surface area contributed by atoms with Gasteiger partial charge in [0.25, 0.3) is 0 Å². The number of aliphatic carboxylic acids is 2. The normalized spacial score (nSPS) is 14.9. The summed E-state index contributed by atoms with van der Waals surface area (Å²) in [6.45, 7) is 1.21. The van der Waals surface area contributed by atoms with E-state index in [4.69, 9.17) is 5.73 Å². The molecule has 10 N–H and O–H groups in total. The number of aliphatic hydroxyl groups is 1. The molecule has 0 aliphatic rings. The van der Waals surface area contributed by atoms with Crippen molar-refractivity contribution in [3.05, 3.63) is 54.2 Å². The summed E-state index contributed by atoms with van der Waals surface area (Å²) in [5, 5.41) is 36.7. The molecule has 3 aromatic rings. The van der Waals surface area contributed by atoms with Crippen LogP contribution in [-0.4, -0.2) is 90.2 Å². The molecule has 5 unspecified atom stereocenters. The number of aliphatic hydroxyl groups excluding tert-OH is 1. The summed E-state index contributed by atoms with van der Waals surface area (Å²) < 4.78 is 0. The molecule has 0 radical (unpaired) electrons. The molecule has 214 valence electrons. The summed E-state index contributed by atoms with van der Waals surface area (Å²) in [6, 6.07) is 1.27. The number of fused-ring (bicyclic) bond motifs is 1. The van der Waals surface area contributed by atoms with E-state index in [2.05, 4.69) is 30.9 Å². The summed E-state index contributed by atoms with van der Waals surface area (Å²) in [5.74, 6) is -5.77. The number of hydrogen-bond donors (Lipinski definition) is 9. The highest BCUT2D eigenvalue weighted by molar-refractivity contribution is 5.96. The minimum atomic E-state index is -1.72. The first kappa shape index (κ1) is 29.8. The number of benzene rings is 1. The van der Waals surface area contributed by atoms with Crippen molar-refractivity contribution < 1.29 is 39.3 Å². The maximum absolute atomic E-state index is 13.0. The van der Waals surface area contributed by atoms with E-state index in [0.717, 1.165) is 10.9 Å². The lowest BCUT2D eigenvalue weighted by molar-refractivity contribution is -0.143. The summed E-state index contributed by atoms with van der Waals surface area (Å²) in [4.78, 5) is 71.5. The highest BCUT2D eigenvalue weighted by Crippen LogP contribution is 2.19. The smallest absolute Gasteiger partial charge is 0.326 e. The van der Waals surface area contributed by atoms with Gasteiger partial charge in [0.15, 0.2) is 0 Å². The van der Waals surface area contributed by atoms with Gasteiger partial charge in [-0.15, -0.1) is 0 Å². The van der Waals surface area contributed by atoms with Crippen LogP contribution in [0.2, 0.25) is 0 Å². The lowest BCUT2D eigenvalue weighted by Crippen LogP contribution is -2.60. The topological polar surface area (TPSA) is 253 Å². The maximum Gasteiger partial charge on any atom is 0.326 e. The van der Waals surface area contributed by atoms with Crippen LogP contribution >= 0.6 is 0 Å². The minimum Gasteiger partial charge on any atom is -0.481 e. The van der Waals surface area contributed by atoms with Gasteiger partial charge in [0, 0.05) is 41.8 Å². The Labute approximate surface area is 227 Å². The summed E-state index contributed by atoms with van der Waals surface area (Å²) in [7, 11) is 0. The number of carboxylic acids is 2. The van der Waals surface area contributed by atoms with E-state index in [1.165, 1.54) is 19.4 Å². The number of nitrogens with zero attached hydrogens (tertiary/aromatic N) is 1. The van der Waals surface area contributed by atoms with Crippen LogP contribution in [0.3, 0.4) is 0 Å². The van der Waals surface area contributed by atoms with Gasteiger partial charge in [-0.25, -0.2) is 9.78 Å². The second-order valence-corrected chi connectivity index (χ2v) is 9.24. The predicted octanol–water partition coefficient (Wildman–Crippen LogP) is -1.60. The first-order valence-corrected chi connectivity index (χ1v) is 12.3. The lowest BCUT2D eigenvalue weighted by atomic mass is 10.0. The highest BCUT2D eigenvalue weighted by Gasteiger charge is 2.33. The highest BCUT2D eigenvalue weighted by atomic mass is 16.4. The third-order valence-electron chi connectivity index (χ3n) is 6.12. The van der Waals surface area contributed by atoms with Crippen LogP contribution in [0, 0.1) is 0 Å². The largest absolute Gasteiger partial charge is 0.481 e. The summed E-state index contributed by atoms with van der Waals surface area (Å²) in [6.07, 6.45) is 2.05. The molecule has 3 rings (SSSR count). The minimum absolute atomic E-state index is 0.0526. The van der Waals surface area contributed by atoms with Crippen LogP contribution in [-0.2, 0) is 36.8 Å². The fourth-order valence-corrected chi connectivity index (χ4v) is 4.03. The molecule has 2 heterocycles. The molecule has 15 heteroatoms. The zero-order valence-electron chi connectivity index (χ0n) is 21.5. The molecule has 0 bridgehead atoms. The van der Waals surface area contributed by atoms with Gasteiger partial charge in [-0.05, 0) is 18.6 Å². The molecular formula is C25H31N7O8. The van der Waals surface area contributed by atoms with Crippen LogP contribution in [0.15, 0.2) is 43.0 Å². The van der Waals surface area contributed by atoms with Crippen LogP contribution in [0.5, 0.6) is 0 Å². The molecule has 0 spiro atoms. The van der Waals surface area contributed by atoms with Crippen molar-refractivity contribution >= 4 is 40.6 Å². The number of aromatic amines is 2. The van der Waals surface area contributed by atoms with Gasteiger partial charge < -0.3 is 47.0 Å². The third kappa shape index (κ3) is 7.87. The van der Waals surface area contributed by atoms with Crippen molar-refractivity contribution in [3.8, 4) is 0 Å². The molecule has 0 aliphatic carbocycles. The Balaban J connectivity index is 1.70. The number of amides is 3. The number of hydrogen-bond acceptors (Lipinski definition) is 8. The van der Waals surface area contributed by atoms with Gasteiger partial charge in [0.1, 0.15) is 18.1 Å². The van der Waals surface area contributed by atoms with Crippen LogP contribution in [0.4, 0.5) is 0 Å². The van der Waals surface area contributed by atoms with Crippen LogP contribution in [0.1, 0.15) is 24.6 Å². The Kier molecular flexibility index (Phi) is 9.94. The lowest BCUT2D eigenvalue weighted by Gasteiger charge is -2.26. The van der Waals surface area contributed by atoms with Gasteiger partial charge in [0.2, 0.25) is 17.7 Å². The van der Waals surface area contributed by atoms with E-state index in [1.807, 2.05) is 0 Å². The molecule has 40 heavy (non-hydrogen) atoms. The Morgan fingerprint density at radius 2 is 1.65 bits per heavy atom. The Morgan fingerprint density at radius 3 is 2.27 bits per heavy atom. The molecule has 2 aromatic heterocycles. The second-order valence-electron chi connectivity index (χ2n) is 9.24. The van der Waals surface area contributed by atoms with E-state index in [-0.39, 0.29) is 12.8 Å². The Hall–Kier alpha value is -4.76. The zero-order chi connectivity index (χ0) is 29.4. The number of carbonyl (C=O) groups excluding carboxylic acids is 3. The number of carboxylic acid groups (broad SMARTS) is 2. The fourth-order valence-electron chi connectivity index (χ4n) is 4.03. The molecular weight excluding hydrogens is 526 g/mol. The summed E-state index contributed by atoms with van der Waals surface area (Å²) >= 11 is 0.